The Labute approximate surface area is 140 Å². The predicted octanol–water partition coefficient (Wildman–Crippen LogP) is 3.39. The van der Waals surface area contributed by atoms with Gasteiger partial charge in [0.05, 0.1) is 0 Å². The van der Waals surface area contributed by atoms with Crippen LogP contribution in [0.2, 0.25) is 0 Å². The quantitative estimate of drug-likeness (QED) is 0.937. The normalized spacial score (nSPS) is 13.3. The van der Waals surface area contributed by atoms with Crippen molar-refractivity contribution in [3.63, 3.8) is 0 Å². The summed E-state index contributed by atoms with van der Waals surface area (Å²) in [5.74, 6) is -0.430. The van der Waals surface area contributed by atoms with Crippen LogP contribution >= 0.6 is 0 Å². The third-order valence-corrected chi connectivity index (χ3v) is 4.54. The number of carbonyl (C=O) groups is 1. The van der Waals surface area contributed by atoms with Crippen molar-refractivity contribution in [2.45, 2.75) is 32.4 Å². The SMILES string of the molecule is Cn1c(C#N)ccc1-c1cc2c(c(CC(=O)C(C)(C)F)c1)NCC2. The number of hydrogen-bond donors (Lipinski definition) is 1. The van der Waals surface area contributed by atoms with Crippen LogP contribution in [0.3, 0.4) is 0 Å². The molecular weight excluding hydrogens is 305 g/mol. The fourth-order valence-corrected chi connectivity index (χ4v) is 3.10. The number of nitrogens with one attached hydrogen (secondary N) is 1. The lowest BCUT2D eigenvalue weighted by atomic mass is 9.93. The second-order valence-electron chi connectivity index (χ2n) is 6.69. The third kappa shape index (κ3) is 2.80. The molecule has 0 aliphatic carbocycles. The summed E-state index contributed by atoms with van der Waals surface area (Å²) in [5.41, 5.74) is 3.48. The van der Waals surface area contributed by atoms with Crippen LogP contribution in [0.5, 0.6) is 0 Å². The molecule has 3 rings (SSSR count). The maximum Gasteiger partial charge on any atom is 0.173 e. The smallest absolute Gasteiger partial charge is 0.173 e. The topological polar surface area (TPSA) is 57.8 Å². The van der Waals surface area contributed by atoms with Gasteiger partial charge in [0.25, 0.3) is 0 Å². The molecule has 1 aliphatic heterocycles. The van der Waals surface area contributed by atoms with Gasteiger partial charge >= 0.3 is 0 Å². The number of ketones is 1. The number of fused-ring (bicyclic) bond motifs is 1. The Bertz CT molecular complexity index is 853. The minimum absolute atomic E-state index is 0.0577. The lowest BCUT2D eigenvalue weighted by Gasteiger charge is -2.16. The van der Waals surface area contributed by atoms with Crippen LogP contribution < -0.4 is 5.32 Å². The molecule has 124 valence electrons. The molecule has 0 unspecified atom stereocenters. The Morgan fingerprint density at radius 2 is 2.17 bits per heavy atom. The minimum atomic E-state index is -1.85. The molecule has 2 aromatic rings. The Morgan fingerprint density at radius 3 is 2.79 bits per heavy atom. The summed E-state index contributed by atoms with van der Waals surface area (Å²) in [6, 6.07) is 9.83. The molecule has 0 amide bonds. The molecule has 0 saturated heterocycles. The summed E-state index contributed by atoms with van der Waals surface area (Å²) >= 11 is 0. The number of hydrogen-bond acceptors (Lipinski definition) is 3. The van der Waals surface area contributed by atoms with Crippen molar-refractivity contribution in [2.75, 3.05) is 11.9 Å². The van der Waals surface area contributed by atoms with Gasteiger partial charge in [0.2, 0.25) is 0 Å². The number of halogens is 1. The van der Waals surface area contributed by atoms with Crippen molar-refractivity contribution >= 4 is 11.5 Å². The average molecular weight is 325 g/mol. The number of alkyl halides is 1. The Kier molecular flexibility index (Phi) is 3.92. The summed E-state index contributed by atoms with van der Waals surface area (Å²) in [7, 11) is 1.84. The molecule has 0 atom stereocenters. The highest BCUT2D eigenvalue weighted by Gasteiger charge is 2.28. The molecule has 0 fully saturated rings. The minimum Gasteiger partial charge on any atom is -0.384 e. The Balaban J connectivity index is 2.07. The fourth-order valence-electron chi connectivity index (χ4n) is 3.10. The highest BCUT2D eigenvalue weighted by molar-refractivity contribution is 5.90. The zero-order valence-corrected chi connectivity index (χ0v) is 14.1. The number of benzene rings is 1. The van der Waals surface area contributed by atoms with E-state index in [9.17, 15) is 9.18 Å². The molecule has 5 heteroatoms. The average Bonchev–Trinajstić information content (AvgIpc) is 3.12. The molecule has 4 nitrogen and oxygen atoms in total. The molecule has 1 aromatic carbocycles. The summed E-state index contributed by atoms with van der Waals surface area (Å²) in [4.78, 5) is 12.1. The monoisotopic (exact) mass is 325 g/mol. The van der Waals surface area contributed by atoms with Gasteiger partial charge in [-0.25, -0.2) is 4.39 Å². The van der Waals surface area contributed by atoms with E-state index in [2.05, 4.69) is 17.5 Å². The highest BCUT2D eigenvalue weighted by atomic mass is 19.1. The number of Topliss-reactive ketones (excluding diaryl/α,β-unsaturated/α-hetero) is 1. The maximum absolute atomic E-state index is 13.9. The van der Waals surface area contributed by atoms with E-state index >= 15 is 0 Å². The standard InChI is InChI=1S/C19H20FN3O/c1-19(2,20)17(24)10-14-9-13(8-12-6-7-22-18(12)14)16-5-4-15(11-21)23(16)3/h4-5,8-9,22H,6-7,10H2,1-3H3. The van der Waals surface area contributed by atoms with Gasteiger partial charge in [-0.1, -0.05) is 0 Å². The van der Waals surface area contributed by atoms with Crippen molar-refractivity contribution in [3.8, 4) is 17.3 Å². The van der Waals surface area contributed by atoms with E-state index < -0.39 is 11.5 Å². The molecule has 0 saturated carbocycles. The van der Waals surface area contributed by atoms with E-state index in [0.29, 0.717) is 5.69 Å². The van der Waals surface area contributed by atoms with Crippen molar-refractivity contribution in [3.05, 3.63) is 41.1 Å². The molecule has 1 aliphatic rings. The van der Waals surface area contributed by atoms with Gasteiger partial charge in [-0.3, -0.25) is 4.79 Å². The largest absolute Gasteiger partial charge is 0.384 e. The van der Waals surface area contributed by atoms with E-state index in [0.717, 1.165) is 41.0 Å². The summed E-state index contributed by atoms with van der Waals surface area (Å²) in [6.07, 6.45) is 0.932. The number of rotatable bonds is 4. The first-order valence-corrected chi connectivity index (χ1v) is 7.99. The maximum atomic E-state index is 13.9. The molecule has 1 aromatic heterocycles. The highest BCUT2D eigenvalue weighted by Crippen LogP contribution is 2.34. The van der Waals surface area contributed by atoms with Gasteiger partial charge in [0, 0.05) is 31.4 Å². The first-order valence-electron chi connectivity index (χ1n) is 7.99. The fraction of sp³-hybridized carbons (Fsp3) is 0.368. The molecule has 0 radical (unpaired) electrons. The lowest BCUT2D eigenvalue weighted by Crippen LogP contribution is -2.27. The van der Waals surface area contributed by atoms with E-state index in [1.54, 1.807) is 6.07 Å². The van der Waals surface area contributed by atoms with E-state index in [4.69, 9.17) is 5.26 Å². The Morgan fingerprint density at radius 1 is 1.42 bits per heavy atom. The first kappa shape index (κ1) is 16.3. The first-order chi connectivity index (χ1) is 11.3. The van der Waals surface area contributed by atoms with Gasteiger partial charge in [0.1, 0.15) is 11.8 Å². The van der Waals surface area contributed by atoms with Crippen LogP contribution in [0.15, 0.2) is 24.3 Å². The molecule has 24 heavy (non-hydrogen) atoms. The van der Waals surface area contributed by atoms with Crippen LogP contribution in [0, 0.1) is 11.3 Å². The second kappa shape index (κ2) is 5.79. The molecule has 2 heterocycles. The summed E-state index contributed by atoms with van der Waals surface area (Å²) in [6.45, 7) is 3.40. The van der Waals surface area contributed by atoms with Gasteiger partial charge in [-0.2, -0.15) is 5.26 Å². The predicted molar refractivity (Wildman–Crippen MR) is 91.7 cm³/mol. The number of nitrogens with zero attached hydrogens (tertiary/aromatic N) is 2. The number of anilines is 1. The summed E-state index contributed by atoms with van der Waals surface area (Å²) in [5, 5.41) is 12.4. The van der Waals surface area contributed by atoms with Crippen molar-refractivity contribution in [1.29, 1.82) is 5.26 Å². The summed E-state index contributed by atoms with van der Waals surface area (Å²) < 4.78 is 15.8. The van der Waals surface area contributed by atoms with Crippen molar-refractivity contribution in [1.82, 2.24) is 4.57 Å². The Hall–Kier alpha value is -2.61. The third-order valence-electron chi connectivity index (χ3n) is 4.54. The number of nitriles is 1. The number of carbonyl (C=O) groups excluding carboxylic acids is 1. The molecule has 1 N–H and O–H groups in total. The number of aromatic nitrogens is 1. The zero-order valence-electron chi connectivity index (χ0n) is 14.1. The van der Waals surface area contributed by atoms with Crippen LogP contribution in [-0.4, -0.2) is 22.6 Å². The van der Waals surface area contributed by atoms with Gasteiger partial charge in [0.15, 0.2) is 11.5 Å². The zero-order chi connectivity index (χ0) is 17.5. The second-order valence-corrected chi connectivity index (χ2v) is 6.69. The van der Waals surface area contributed by atoms with Crippen LogP contribution in [-0.2, 0) is 24.7 Å². The van der Waals surface area contributed by atoms with Crippen molar-refractivity contribution in [2.24, 2.45) is 7.05 Å². The molecule has 0 bridgehead atoms. The van der Waals surface area contributed by atoms with E-state index in [1.807, 2.05) is 23.7 Å². The van der Waals surface area contributed by atoms with E-state index in [-0.39, 0.29) is 6.42 Å². The molecular formula is C19H20FN3O. The van der Waals surface area contributed by atoms with Crippen LogP contribution in [0.25, 0.3) is 11.3 Å². The lowest BCUT2D eigenvalue weighted by molar-refractivity contribution is -0.127. The van der Waals surface area contributed by atoms with Crippen molar-refractivity contribution < 1.29 is 9.18 Å². The van der Waals surface area contributed by atoms with Gasteiger partial charge in [-0.15, -0.1) is 0 Å². The van der Waals surface area contributed by atoms with Gasteiger partial charge < -0.3 is 9.88 Å². The van der Waals surface area contributed by atoms with Crippen LogP contribution in [0.1, 0.15) is 30.7 Å². The van der Waals surface area contributed by atoms with Crippen LogP contribution in [0.4, 0.5) is 10.1 Å². The van der Waals surface area contributed by atoms with Gasteiger partial charge in [-0.05, 0) is 61.2 Å². The molecule has 0 spiro atoms. The van der Waals surface area contributed by atoms with E-state index in [1.165, 1.54) is 13.8 Å².